The topological polar surface area (TPSA) is 67.4 Å². The lowest BCUT2D eigenvalue weighted by molar-refractivity contribution is -0.123. The van der Waals surface area contributed by atoms with E-state index in [1.165, 1.54) is 12.1 Å². The summed E-state index contributed by atoms with van der Waals surface area (Å²) in [6.07, 6.45) is 4.09. The van der Waals surface area contributed by atoms with E-state index in [2.05, 4.69) is 23.1 Å². The van der Waals surface area contributed by atoms with Crippen molar-refractivity contribution in [3.63, 3.8) is 0 Å². The van der Waals surface area contributed by atoms with Crippen molar-refractivity contribution in [3.05, 3.63) is 35.6 Å². The molecular weight excluding hydrogens is 470 g/mol. The fourth-order valence-electron chi connectivity index (χ4n) is 1.99. The number of carbonyl (C=O) groups is 2. The van der Waals surface area contributed by atoms with Crippen LogP contribution in [0.25, 0.3) is 0 Å². The van der Waals surface area contributed by atoms with E-state index in [0.717, 1.165) is 11.3 Å². The monoisotopic (exact) mass is 498 g/mol. The number of hydrogen-bond acceptors (Lipinski definition) is 3. The minimum Gasteiger partial charge on any atom is -1.00 e. The first kappa shape index (κ1) is 25.0. The average molecular weight is 498 g/mol. The van der Waals surface area contributed by atoms with Crippen LogP contribution in [0.4, 0.5) is 9.18 Å². The highest BCUT2D eigenvalue weighted by atomic mass is 127. The second kappa shape index (κ2) is 11.6. The summed E-state index contributed by atoms with van der Waals surface area (Å²) in [5.41, 5.74) is 0.162. The molecule has 0 saturated heterocycles. The van der Waals surface area contributed by atoms with Gasteiger partial charge in [-0.3, -0.25) is 4.79 Å². The van der Waals surface area contributed by atoms with Crippen LogP contribution in [0, 0.1) is 5.82 Å². The Morgan fingerprint density at radius 2 is 1.77 bits per heavy atom. The van der Waals surface area contributed by atoms with Crippen LogP contribution >= 0.6 is 0 Å². The molecule has 0 radical (unpaired) electrons. The summed E-state index contributed by atoms with van der Waals surface area (Å²) in [4.78, 5) is 24.4. The Bertz CT molecular complexity index is 577. The maximum Gasteiger partial charge on any atom is 0.408 e. The summed E-state index contributed by atoms with van der Waals surface area (Å²) < 4.78 is 18.2. The molecule has 26 heavy (non-hydrogen) atoms. The second-order valence-electron chi connectivity index (χ2n) is 7.02. The van der Waals surface area contributed by atoms with Crippen molar-refractivity contribution >= 4 is 22.9 Å². The number of hydrogen-bond donors (Lipinski definition) is 2. The Balaban J connectivity index is 0.00000625. The van der Waals surface area contributed by atoms with Crippen molar-refractivity contribution in [2.24, 2.45) is 0 Å². The molecule has 0 bridgehead atoms. The first-order chi connectivity index (χ1) is 11.6. The van der Waals surface area contributed by atoms with Crippen LogP contribution in [0.5, 0.6) is 0 Å². The minimum absolute atomic E-state index is 0. The first-order valence-corrected chi connectivity index (χ1v) is 10.3. The van der Waals surface area contributed by atoms with E-state index in [9.17, 15) is 14.0 Å². The zero-order chi connectivity index (χ0) is 19.0. The molecule has 0 aliphatic rings. The van der Waals surface area contributed by atoms with Gasteiger partial charge in [-0.15, -0.1) is 0 Å². The molecule has 0 aliphatic carbocycles. The number of nitrogens with one attached hydrogen (secondary N) is 2. The summed E-state index contributed by atoms with van der Waals surface area (Å²) in [5, 5.41) is 5.43. The van der Waals surface area contributed by atoms with Gasteiger partial charge in [-0.1, -0.05) is 12.1 Å². The molecule has 1 aromatic carbocycles. The Morgan fingerprint density at radius 3 is 2.27 bits per heavy atom. The smallest absolute Gasteiger partial charge is 0.408 e. The minimum atomic E-state index is -0.662. The Kier molecular flexibility index (Phi) is 11.2. The molecule has 0 fully saturated rings. The van der Waals surface area contributed by atoms with Crippen LogP contribution in [-0.2, 0) is 27.0 Å². The Hall–Kier alpha value is -1.03. The van der Waals surface area contributed by atoms with E-state index in [-0.39, 0.29) is 53.1 Å². The molecule has 1 unspecified atom stereocenters. The average Bonchev–Trinajstić information content (AvgIpc) is 2.48. The normalized spacial score (nSPS) is 12.1. The van der Waals surface area contributed by atoms with Gasteiger partial charge in [-0.2, -0.15) is 0 Å². The van der Waals surface area contributed by atoms with Crippen LogP contribution in [0.1, 0.15) is 32.8 Å². The van der Waals surface area contributed by atoms with Crippen molar-refractivity contribution in [1.82, 2.24) is 10.6 Å². The molecule has 1 rings (SSSR count). The lowest BCUT2D eigenvalue weighted by atomic mass is 10.2. The lowest BCUT2D eigenvalue weighted by Gasteiger charge is -2.23. The largest absolute Gasteiger partial charge is 1.00 e. The summed E-state index contributed by atoms with van der Waals surface area (Å²) in [6.45, 7) is 5.58. The number of rotatable bonds is 7. The van der Waals surface area contributed by atoms with Gasteiger partial charge >= 0.3 is 6.09 Å². The molecular formula is C18H28FIN2O3S. The maximum absolute atomic E-state index is 12.9. The quantitative estimate of drug-likeness (QED) is 0.398. The fourth-order valence-corrected chi connectivity index (χ4v) is 2.69. The first-order valence-electron chi connectivity index (χ1n) is 8.12. The predicted octanol–water partition coefficient (Wildman–Crippen LogP) is -0.393. The number of halogens is 2. The molecule has 1 atom stereocenters. The molecule has 0 aromatic heterocycles. The highest BCUT2D eigenvalue weighted by Gasteiger charge is 2.25. The zero-order valence-corrected chi connectivity index (χ0v) is 18.9. The van der Waals surface area contributed by atoms with Gasteiger partial charge in [0, 0.05) is 13.0 Å². The maximum atomic E-state index is 12.9. The molecule has 0 saturated carbocycles. The van der Waals surface area contributed by atoms with Gasteiger partial charge in [0.15, 0.2) is 0 Å². The fraction of sp³-hybridized carbons (Fsp3) is 0.556. The van der Waals surface area contributed by atoms with Crippen molar-refractivity contribution < 1.29 is 42.7 Å². The molecule has 8 heteroatoms. The molecule has 2 N–H and O–H groups in total. The summed E-state index contributed by atoms with van der Waals surface area (Å²) in [7, 11) is 0.157. The molecule has 0 heterocycles. The molecule has 148 valence electrons. The van der Waals surface area contributed by atoms with Gasteiger partial charge in [0.1, 0.15) is 23.2 Å². The van der Waals surface area contributed by atoms with E-state index in [1.807, 2.05) is 0 Å². The van der Waals surface area contributed by atoms with Gasteiger partial charge in [0.2, 0.25) is 5.91 Å². The van der Waals surface area contributed by atoms with Crippen LogP contribution in [0.15, 0.2) is 24.3 Å². The van der Waals surface area contributed by atoms with Crippen molar-refractivity contribution in [2.45, 2.75) is 45.4 Å². The third-order valence-corrected chi connectivity index (χ3v) is 4.25. The summed E-state index contributed by atoms with van der Waals surface area (Å²) in [6, 6.07) is 5.25. The van der Waals surface area contributed by atoms with Gasteiger partial charge in [0.05, 0.1) is 12.5 Å². The Morgan fingerprint density at radius 1 is 1.19 bits per heavy atom. The highest BCUT2D eigenvalue weighted by molar-refractivity contribution is 7.95. The van der Waals surface area contributed by atoms with Gasteiger partial charge in [0.25, 0.3) is 0 Å². The van der Waals surface area contributed by atoms with Crippen molar-refractivity contribution in [1.29, 1.82) is 0 Å². The van der Waals surface area contributed by atoms with Gasteiger partial charge in [-0.05, 0) is 49.4 Å². The number of amides is 2. The van der Waals surface area contributed by atoms with Gasteiger partial charge in [-0.25, -0.2) is 9.18 Å². The molecule has 1 aromatic rings. The number of carbonyl (C=O) groups excluding carboxylic acids is 2. The van der Waals surface area contributed by atoms with Crippen LogP contribution in [-0.4, -0.2) is 41.9 Å². The lowest BCUT2D eigenvalue weighted by Crippen LogP contribution is -3.00. The Labute approximate surface area is 175 Å². The van der Waals surface area contributed by atoms with E-state index < -0.39 is 17.7 Å². The van der Waals surface area contributed by atoms with Crippen LogP contribution < -0.4 is 34.6 Å². The zero-order valence-electron chi connectivity index (χ0n) is 15.9. The summed E-state index contributed by atoms with van der Waals surface area (Å²) >= 11 is 0. The van der Waals surface area contributed by atoms with E-state index in [1.54, 1.807) is 32.9 Å². The van der Waals surface area contributed by atoms with Crippen LogP contribution in [0.2, 0.25) is 0 Å². The van der Waals surface area contributed by atoms with Crippen molar-refractivity contribution in [2.75, 3.05) is 18.3 Å². The predicted molar refractivity (Wildman–Crippen MR) is 100 cm³/mol. The van der Waals surface area contributed by atoms with E-state index in [4.69, 9.17) is 4.74 Å². The van der Waals surface area contributed by atoms with E-state index in [0.29, 0.717) is 6.42 Å². The molecule has 0 aliphatic heterocycles. The molecule has 2 amide bonds. The standard InChI is InChI=1S/C18H27FN2O3S.HI/c1-18(2,3)24-17(23)21-15(10-11-25(4)5)16(22)20-12-13-6-8-14(19)9-7-13;/h6-9,15H,10-12H2,1-5H3,(H-,20,21,22,23);1H. The third kappa shape index (κ3) is 10.8. The van der Waals surface area contributed by atoms with Crippen molar-refractivity contribution in [3.8, 4) is 0 Å². The van der Waals surface area contributed by atoms with Crippen LogP contribution in [0.3, 0.4) is 0 Å². The molecule has 0 spiro atoms. The highest BCUT2D eigenvalue weighted by Crippen LogP contribution is 2.08. The number of ether oxygens (including phenoxy) is 1. The third-order valence-electron chi connectivity index (χ3n) is 3.20. The number of alkyl carbamates (subject to hydrolysis) is 1. The molecule has 5 nitrogen and oxygen atoms in total. The van der Waals surface area contributed by atoms with E-state index >= 15 is 0 Å². The SMILES string of the molecule is C[S+](C)CCC(NC(=O)OC(C)(C)C)C(=O)NCc1ccc(F)cc1.[I-]. The second-order valence-corrected chi connectivity index (χ2v) is 9.40. The van der Waals surface area contributed by atoms with Gasteiger partial charge < -0.3 is 39.3 Å². The number of benzene rings is 1. The summed E-state index contributed by atoms with van der Waals surface area (Å²) in [5.74, 6) is 0.225.